The van der Waals surface area contributed by atoms with Gasteiger partial charge in [-0.1, -0.05) is 18.2 Å². The van der Waals surface area contributed by atoms with Crippen LogP contribution < -0.4 is 9.47 Å². The average Bonchev–Trinajstić information content (AvgIpc) is 3.01. The lowest BCUT2D eigenvalue weighted by molar-refractivity contribution is -0.0595. The highest BCUT2D eigenvalue weighted by atomic mass is 16.5. The van der Waals surface area contributed by atoms with E-state index >= 15 is 0 Å². The molecule has 2 aromatic carbocycles. The van der Waals surface area contributed by atoms with Crippen LogP contribution in [0.5, 0.6) is 11.5 Å². The zero-order valence-corrected chi connectivity index (χ0v) is 18.3. The number of nitrogens with zero attached hydrogens (tertiary/aromatic N) is 1. The number of methoxy groups -OCH3 is 2. The molecule has 5 nitrogen and oxygen atoms in total. The lowest BCUT2D eigenvalue weighted by atomic mass is 9.80. The van der Waals surface area contributed by atoms with E-state index in [2.05, 4.69) is 17.0 Å². The Morgan fingerprint density at radius 3 is 2.30 bits per heavy atom. The van der Waals surface area contributed by atoms with E-state index in [1.807, 2.05) is 37.3 Å². The van der Waals surface area contributed by atoms with Crippen LogP contribution >= 0.6 is 0 Å². The van der Waals surface area contributed by atoms with Crippen LogP contribution in [0.3, 0.4) is 0 Å². The molecule has 2 saturated heterocycles. The molecule has 2 aromatic rings. The molecular formula is C25H33NO4. The van der Waals surface area contributed by atoms with Gasteiger partial charge in [0.05, 0.1) is 26.4 Å². The SMILES string of the molecule is CCOCc1cc(CN2[C@@H]3CC[C@H]2CC(O)(c2ccc(OC)cc2)C3)ccc1OC. The molecule has 0 aliphatic carbocycles. The molecule has 1 N–H and O–H groups in total. The van der Waals surface area contributed by atoms with E-state index in [0.29, 0.717) is 25.3 Å². The fourth-order valence-corrected chi connectivity index (χ4v) is 5.18. The van der Waals surface area contributed by atoms with Gasteiger partial charge in [-0.25, -0.2) is 0 Å². The number of piperidine rings is 1. The van der Waals surface area contributed by atoms with Crippen molar-refractivity contribution >= 4 is 0 Å². The third-order valence-corrected chi connectivity index (χ3v) is 6.72. The summed E-state index contributed by atoms with van der Waals surface area (Å²) in [5.41, 5.74) is 2.62. The van der Waals surface area contributed by atoms with Crippen LogP contribution in [0.15, 0.2) is 42.5 Å². The lowest BCUT2D eigenvalue weighted by Gasteiger charge is -2.44. The van der Waals surface area contributed by atoms with E-state index in [9.17, 15) is 5.11 Å². The smallest absolute Gasteiger partial charge is 0.124 e. The number of benzene rings is 2. The maximum atomic E-state index is 11.5. The van der Waals surface area contributed by atoms with E-state index in [1.54, 1.807) is 14.2 Å². The first kappa shape index (κ1) is 21.2. The Bertz CT molecular complexity index is 837. The standard InChI is InChI=1S/C25H33NO4/c1-4-30-17-19-13-18(5-12-24(19)29-3)16-26-21-8-9-22(26)15-25(27,14-21)20-6-10-23(28-2)11-7-20/h5-7,10-13,21-22,27H,4,8-9,14-17H2,1-3H3/t21-,22+,25?. The van der Waals surface area contributed by atoms with Crippen molar-refractivity contribution in [2.45, 2.75) is 63.4 Å². The molecule has 0 spiro atoms. The van der Waals surface area contributed by atoms with Crippen LogP contribution in [0.4, 0.5) is 0 Å². The fourth-order valence-electron chi connectivity index (χ4n) is 5.18. The molecule has 2 aliphatic rings. The normalized spacial score (nSPS) is 26.0. The van der Waals surface area contributed by atoms with E-state index in [4.69, 9.17) is 14.2 Å². The van der Waals surface area contributed by atoms with Crippen molar-refractivity contribution in [3.05, 3.63) is 59.2 Å². The van der Waals surface area contributed by atoms with Crippen molar-refractivity contribution in [3.8, 4) is 11.5 Å². The van der Waals surface area contributed by atoms with Gasteiger partial charge in [0.15, 0.2) is 0 Å². The molecule has 0 saturated carbocycles. The molecule has 0 radical (unpaired) electrons. The van der Waals surface area contributed by atoms with Gasteiger partial charge in [-0.15, -0.1) is 0 Å². The summed E-state index contributed by atoms with van der Waals surface area (Å²) < 4.78 is 16.4. The largest absolute Gasteiger partial charge is 0.497 e. The summed E-state index contributed by atoms with van der Waals surface area (Å²) in [7, 11) is 3.37. The fraction of sp³-hybridized carbons (Fsp3) is 0.520. The van der Waals surface area contributed by atoms with Crippen LogP contribution in [0.1, 0.15) is 49.3 Å². The van der Waals surface area contributed by atoms with Gasteiger partial charge in [0.25, 0.3) is 0 Å². The van der Waals surface area contributed by atoms with Crippen LogP contribution in [-0.2, 0) is 23.5 Å². The second-order valence-electron chi connectivity index (χ2n) is 8.51. The monoisotopic (exact) mass is 411 g/mol. The Hall–Kier alpha value is -2.08. The zero-order chi connectivity index (χ0) is 21.1. The molecule has 2 bridgehead atoms. The first-order valence-electron chi connectivity index (χ1n) is 10.9. The van der Waals surface area contributed by atoms with Crippen molar-refractivity contribution < 1.29 is 19.3 Å². The van der Waals surface area contributed by atoms with Crippen molar-refractivity contribution in [2.24, 2.45) is 0 Å². The molecule has 3 atom stereocenters. The predicted octanol–water partition coefficient (Wildman–Crippen LogP) is 4.25. The molecule has 0 aromatic heterocycles. The summed E-state index contributed by atoms with van der Waals surface area (Å²) in [4.78, 5) is 2.59. The molecule has 2 aliphatic heterocycles. The minimum Gasteiger partial charge on any atom is -0.497 e. The molecular weight excluding hydrogens is 378 g/mol. The second kappa shape index (κ2) is 8.96. The van der Waals surface area contributed by atoms with Crippen molar-refractivity contribution in [1.82, 2.24) is 4.90 Å². The van der Waals surface area contributed by atoms with Gasteiger partial charge in [-0.3, -0.25) is 4.90 Å². The first-order valence-corrected chi connectivity index (χ1v) is 10.9. The maximum Gasteiger partial charge on any atom is 0.124 e. The van der Waals surface area contributed by atoms with E-state index in [1.165, 1.54) is 5.56 Å². The molecule has 162 valence electrons. The van der Waals surface area contributed by atoms with Gasteiger partial charge < -0.3 is 19.3 Å². The first-order chi connectivity index (χ1) is 14.6. The Labute approximate surface area is 179 Å². The van der Waals surface area contributed by atoms with E-state index in [-0.39, 0.29) is 0 Å². The molecule has 2 fully saturated rings. The summed E-state index contributed by atoms with van der Waals surface area (Å²) >= 11 is 0. The third-order valence-electron chi connectivity index (χ3n) is 6.72. The van der Waals surface area contributed by atoms with Gasteiger partial charge in [0.1, 0.15) is 11.5 Å². The summed E-state index contributed by atoms with van der Waals surface area (Å²) in [6, 6.07) is 15.1. The van der Waals surface area contributed by atoms with Gasteiger partial charge in [0, 0.05) is 30.8 Å². The van der Waals surface area contributed by atoms with E-state index < -0.39 is 5.60 Å². The number of hydrogen-bond donors (Lipinski definition) is 1. The number of fused-ring (bicyclic) bond motifs is 2. The number of aliphatic hydroxyl groups is 1. The predicted molar refractivity (Wildman–Crippen MR) is 117 cm³/mol. The van der Waals surface area contributed by atoms with Crippen molar-refractivity contribution in [1.29, 1.82) is 0 Å². The number of ether oxygens (including phenoxy) is 3. The highest BCUT2D eigenvalue weighted by molar-refractivity contribution is 5.37. The summed E-state index contributed by atoms with van der Waals surface area (Å²) in [6.07, 6.45) is 3.84. The van der Waals surface area contributed by atoms with Crippen LogP contribution in [0.2, 0.25) is 0 Å². The summed E-state index contributed by atoms with van der Waals surface area (Å²) in [5.74, 6) is 1.70. The van der Waals surface area contributed by atoms with Gasteiger partial charge >= 0.3 is 0 Å². The molecule has 1 unspecified atom stereocenters. The quantitative estimate of drug-likeness (QED) is 0.704. The third kappa shape index (κ3) is 4.20. The highest BCUT2D eigenvalue weighted by Gasteiger charge is 2.48. The van der Waals surface area contributed by atoms with Gasteiger partial charge in [0.2, 0.25) is 0 Å². The number of hydrogen-bond acceptors (Lipinski definition) is 5. The Balaban J connectivity index is 1.49. The molecule has 2 heterocycles. The van der Waals surface area contributed by atoms with E-state index in [0.717, 1.165) is 54.9 Å². The highest BCUT2D eigenvalue weighted by Crippen LogP contribution is 2.46. The zero-order valence-electron chi connectivity index (χ0n) is 18.3. The van der Waals surface area contributed by atoms with Crippen LogP contribution in [0.25, 0.3) is 0 Å². The second-order valence-corrected chi connectivity index (χ2v) is 8.51. The van der Waals surface area contributed by atoms with Crippen LogP contribution in [-0.4, -0.2) is 42.9 Å². The minimum atomic E-state index is -0.755. The van der Waals surface area contributed by atoms with Crippen LogP contribution in [0, 0.1) is 0 Å². The van der Waals surface area contributed by atoms with Crippen molar-refractivity contribution in [2.75, 3.05) is 20.8 Å². The average molecular weight is 412 g/mol. The number of rotatable bonds is 8. The molecule has 4 rings (SSSR count). The Morgan fingerprint density at radius 2 is 1.70 bits per heavy atom. The summed E-state index contributed by atoms with van der Waals surface area (Å²) in [6.45, 7) is 4.16. The topological polar surface area (TPSA) is 51.2 Å². The lowest BCUT2D eigenvalue weighted by Crippen LogP contribution is -2.49. The Morgan fingerprint density at radius 1 is 1.00 bits per heavy atom. The van der Waals surface area contributed by atoms with Gasteiger partial charge in [-0.2, -0.15) is 0 Å². The van der Waals surface area contributed by atoms with Gasteiger partial charge in [-0.05, 0) is 68.0 Å². The molecule has 0 amide bonds. The maximum absolute atomic E-state index is 11.5. The summed E-state index contributed by atoms with van der Waals surface area (Å²) in [5, 5.41) is 11.5. The Kier molecular flexibility index (Phi) is 6.32. The molecule has 5 heteroatoms. The minimum absolute atomic E-state index is 0.397. The molecule has 30 heavy (non-hydrogen) atoms. The van der Waals surface area contributed by atoms with Crippen molar-refractivity contribution in [3.63, 3.8) is 0 Å².